The van der Waals surface area contributed by atoms with Crippen LogP contribution in [0.15, 0.2) is 46.2 Å². The maximum Gasteiger partial charge on any atom is 0.191 e. The Morgan fingerprint density at radius 1 is 1.31 bits per heavy atom. The molecule has 2 aromatic heterocycles. The Bertz CT molecular complexity index is 941. The molecule has 0 spiro atoms. The molecule has 3 N–H and O–H groups in total. The lowest BCUT2D eigenvalue weighted by Crippen LogP contribution is -2.48. The highest BCUT2D eigenvalue weighted by molar-refractivity contribution is 7.07. The van der Waals surface area contributed by atoms with E-state index in [2.05, 4.69) is 48.5 Å². The highest BCUT2D eigenvalue weighted by Gasteiger charge is 2.20. The van der Waals surface area contributed by atoms with E-state index in [1.165, 1.54) is 16.5 Å². The Labute approximate surface area is 181 Å². The average Bonchev–Trinajstić information content (AvgIpc) is 3.38. The van der Waals surface area contributed by atoms with Gasteiger partial charge in [0, 0.05) is 61.4 Å². The highest BCUT2D eigenvalue weighted by atomic mass is 35.5. The van der Waals surface area contributed by atoms with Crippen molar-refractivity contribution in [2.24, 2.45) is 4.99 Å². The van der Waals surface area contributed by atoms with Crippen LogP contribution in [0.1, 0.15) is 24.0 Å². The van der Waals surface area contributed by atoms with Gasteiger partial charge in [0.25, 0.3) is 0 Å². The molecule has 0 aliphatic carbocycles. The summed E-state index contributed by atoms with van der Waals surface area (Å²) < 4.78 is 0. The first kappa shape index (κ1) is 20.3. The third-order valence-electron chi connectivity index (χ3n) is 5.55. The molecule has 1 fully saturated rings. The van der Waals surface area contributed by atoms with Crippen LogP contribution in [0.3, 0.4) is 0 Å². The fraction of sp³-hybridized carbons (Fsp3) is 0.409. The number of hydrogen-bond acceptors (Lipinski definition) is 3. The summed E-state index contributed by atoms with van der Waals surface area (Å²) >= 11 is 7.93. The zero-order valence-electron chi connectivity index (χ0n) is 16.7. The number of aromatic nitrogens is 1. The fourth-order valence-corrected chi connectivity index (χ4v) is 4.77. The predicted molar refractivity (Wildman–Crippen MR) is 124 cm³/mol. The van der Waals surface area contributed by atoms with Gasteiger partial charge in [-0.15, -0.1) is 0 Å². The molecule has 1 aliphatic heterocycles. The number of guanidine groups is 1. The minimum Gasteiger partial charge on any atom is -0.361 e. The van der Waals surface area contributed by atoms with Crippen molar-refractivity contribution in [2.75, 3.05) is 26.7 Å². The number of nitrogens with zero attached hydrogens (tertiary/aromatic N) is 2. The van der Waals surface area contributed by atoms with Gasteiger partial charge in [-0.1, -0.05) is 11.6 Å². The van der Waals surface area contributed by atoms with Crippen LogP contribution in [-0.4, -0.2) is 48.6 Å². The molecule has 0 atom stereocenters. The van der Waals surface area contributed by atoms with Crippen molar-refractivity contribution in [1.29, 1.82) is 0 Å². The summed E-state index contributed by atoms with van der Waals surface area (Å²) in [5.41, 5.74) is 3.82. The molecule has 0 radical (unpaired) electrons. The number of benzene rings is 1. The fourth-order valence-electron chi connectivity index (χ4n) is 3.94. The summed E-state index contributed by atoms with van der Waals surface area (Å²) in [4.78, 5) is 10.3. The Kier molecular flexibility index (Phi) is 6.74. The molecule has 0 bridgehead atoms. The first-order valence-corrected chi connectivity index (χ1v) is 11.5. The Morgan fingerprint density at radius 2 is 2.17 bits per heavy atom. The molecular formula is C22H28ClN5S. The molecular weight excluding hydrogens is 402 g/mol. The minimum atomic E-state index is 0.479. The molecule has 29 heavy (non-hydrogen) atoms. The van der Waals surface area contributed by atoms with Crippen LogP contribution in [0.2, 0.25) is 5.02 Å². The van der Waals surface area contributed by atoms with Gasteiger partial charge < -0.3 is 15.6 Å². The van der Waals surface area contributed by atoms with Gasteiger partial charge in [0.1, 0.15) is 0 Å². The van der Waals surface area contributed by atoms with Crippen molar-refractivity contribution in [3.8, 4) is 0 Å². The lowest BCUT2D eigenvalue weighted by Gasteiger charge is -2.32. The molecule has 0 saturated carbocycles. The second-order valence-electron chi connectivity index (χ2n) is 7.58. The summed E-state index contributed by atoms with van der Waals surface area (Å²) in [7, 11) is 1.84. The van der Waals surface area contributed by atoms with Gasteiger partial charge in [0.05, 0.1) is 0 Å². The standard InChI is InChI=1S/C22H28ClN5S/c1-24-22(25-8-4-17-13-26-21-3-2-18(23)12-20(17)21)27-19-5-9-28(10-6-19)14-16-7-11-29-15-16/h2-3,7,11-13,15,19,26H,4-6,8-10,14H2,1H3,(H2,24,25,27). The molecule has 7 heteroatoms. The first-order valence-electron chi connectivity index (χ1n) is 10.2. The average molecular weight is 430 g/mol. The second-order valence-corrected chi connectivity index (χ2v) is 8.80. The Morgan fingerprint density at radius 3 is 2.93 bits per heavy atom. The zero-order chi connectivity index (χ0) is 20.1. The third-order valence-corrected chi connectivity index (χ3v) is 6.52. The van der Waals surface area contributed by atoms with E-state index in [0.717, 1.165) is 61.9 Å². The van der Waals surface area contributed by atoms with E-state index in [4.69, 9.17) is 11.6 Å². The molecule has 0 unspecified atom stereocenters. The van der Waals surface area contributed by atoms with Gasteiger partial charge in [-0.25, -0.2) is 0 Å². The summed E-state index contributed by atoms with van der Waals surface area (Å²) in [5, 5.41) is 13.4. The van der Waals surface area contributed by atoms with Crippen molar-refractivity contribution in [3.05, 3.63) is 57.4 Å². The van der Waals surface area contributed by atoms with Gasteiger partial charge in [-0.2, -0.15) is 11.3 Å². The number of likely N-dealkylation sites (tertiary alicyclic amines) is 1. The first-order chi connectivity index (χ1) is 14.2. The number of rotatable bonds is 6. The second kappa shape index (κ2) is 9.65. The minimum absolute atomic E-state index is 0.479. The van der Waals surface area contributed by atoms with Crippen molar-refractivity contribution in [1.82, 2.24) is 20.5 Å². The van der Waals surface area contributed by atoms with Crippen LogP contribution >= 0.6 is 22.9 Å². The summed E-state index contributed by atoms with van der Waals surface area (Å²) in [5.74, 6) is 0.888. The molecule has 154 valence electrons. The Balaban J connectivity index is 1.22. The van der Waals surface area contributed by atoms with Crippen LogP contribution in [0.5, 0.6) is 0 Å². The Hall–Kier alpha value is -2.02. The van der Waals surface area contributed by atoms with Crippen LogP contribution in [-0.2, 0) is 13.0 Å². The number of nitrogens with one attached hydrogen (secondary N) is 3. The number of halogens is 1. The zero-order valence-corrected chi connectivity index (χ0v) is 18.3. The molecule has 1 aromatic carbocycles. The molecule has 1 saturated heterocycles. The van der Waals surface area contributed by atoms with Crippen molar-refractivity contribution in [3.63, 3.8) is 0 Å². The molecule has 0 amide bonds. The topological polar surface area (TPSA) is 55.5 Å². The normalized spacial score (nSPS) is 16.4. The lowest BCUT2D eigenvalue weighted by atomic mass is 10.0. The monoisotopic (exact) mass is 429 g/mol. The third kappa shape index (κ3) is 5.32. The van der Waals surface area contributed by atoms with E-state index in [1.54, 1.807) is 11.3 Å². The molecule has 4 rings (SSSR count). The molecule has 3 heterocycles. The smallest absolute Gasteiger partial charge is 0.191 e. The maximum atomic E-state index is 6.15. The quantitative estimate of drug-likeness (QED) is 0.405. The summed E-state index contributed by atoms with van der Waals surface area (Å²) in [6.45, 7) is 4.15. The highest BCUT2D eigenvalue weighted by Crippen LogP contribution is 2.22. The number of aliphatic imine (C=N–C) groups is 1. The van der Waals surface area contributed by atoms with Gasteiger partial charge in [0.2, 0.25) is 0 Å². The van der Waals surface area contributed by atoms with Crippen molar-refractivity contribution >= 4 is 39.8 Å². The number of H-pyrrole nitrogens is 1. The number of fused-ring (bicyclic) bond motifs is 1. The van der Waals surface area contributed by atoms with E-state index in [9.17, 15) is 0 Å². The van der Waals surface area contributed by atoms with E-state index in [0.29, 0.717) is 6.04 Å². The summed E-state index contributed by atoms with van der Waals surface area (Å²) in [6, 6.07) is 8.67. The van der Waals surface area contributed by atoms with E-state index < -0.39 is 0 Å². The van der Waals surface area contributed by atoms with Crippen LogP contribution < -0.4 is 10.6 Å². The summed E-state index contributed by atoms with van der Waals surface area (Å²) in [6.07, 6.45) is 5.28. The van der Waals surface area contributed by atoms with Gasteiger partial charge in [-0.05, 0) is 65.4 Å². The number of thiophene rings is 1. The van der Waals surface area contributed by atoms with Crippen molar-refractivity contribution < 1.29 is 0 Å². The largest absolute Gasteiger partial charge is 0.361 e. The molecule has 3 aromatic rings. The van der Waals surface area contributed by atoms with E-state index >= 15 is 0 Å². The maximum absolute atomic E-state index is 6.15. The SMILES string of the molecule is CN=C(NCCc1c[nH]c2ccc(Cl)cc12)NC1CCN(Cc2ccsc2)CC1. The number of piperidine rings is 1. The number of aromatic amines is 1. The van der Waals surface area contributed by atoms with Gasteiger partial charge in [-0.3, -0.25) is 9.89 Å². The number of hydrogen-bond donors (Lipinski definition) is 3. The van der Waals surface area contributed by atoms with Crippen LogP contribution in [0.4, 0.5) is 0 Å². The van der Waals surface area contributed by atoms with E-state index in [-0.39, 0.29) is 0 Å². The van der Waals surface area contributed by atoms with E-state index in [1.807, 2.05) is 25.2 Å². The van der Waals surface area contributed by atoms with Gasteiger partial charge in [0.15, 0.2) is 5.96 Å². The predicted octanol–water partition coefficient (Wildman–Crippen LogP) is 4.25. The van der Waals surface area contributed by atoms with Crippen molar-refractivity contribution in [2.45, 2.75) is 31.8 Å². The van der Waals surface area contributed by atoms with Crippen LogP contribution in [0, 0.1) is 0 Å². The lowest BCUT2D eigenvalue weighted by molar-refractivity contribution is 0.198. The van der Waals surface area contributed by atoms with Gasteiger partial charge >= 0.3 is 0 Å². The molecule has 5 nitrogen and oxygen atoms in total. The van der Waals surface area contributed by atoms with Crippen LogP contribution in [0.25, 0.3) is 10.9 Å². The molecule has 1 aliphatic rings.